The van der Waals surface area contributed by atoms with Crippen LogP contribution in [0, 0.1) is 6.92 Å². The van der Waals surface area contributed by atoms with Crippen molar-refractivity contribution < 1.29 is 9.90 Å². The third-order valence-corrected chi connectivity index (χ3v) is 2.47. The molecule has 0 aliphatic carbocycles. The predicted molar refractivity (Wildman–Crippen MR) is 64.6 cm³/mol. The van der Waals surface area contributed by atoms with E-state index < -0.39 is 12.0 Å². The van der Waals surface area contributed by atoms with Crippen molar-refractivity contribution in [1.82, 2.24) is 20.2 Å². The van der Waals surface area contributed by atoms with Crippen molar-refractivity contribution in [3.63, 3.8) is 0 Å². The third kappa shape index (κ3) is 2.45. The standard InChI is InChI=1S/C11H13N5O2/c1-7(11(17)18)12-9-4-3-5-10(6-9)16-8(2)13-14-15-16/h3-7,12H,1-2H3,(H,17,18). The molecule has 0 aliphatic rings. The number of carboxylic acids is 1. The third-order valence-electron chi connectivity index (χ3n) is 2.47. The lowest BCUT2D eigenvalue weighted by molar-refractivity contribution is -0.137. The summed E-state index contributed by atoms with van der Waals surface area (Å²) in [4.78, 5) is 10.8. The number of benzene rings is 1. The number of aryl methyl sites for hydroxylation is 1. The van der Waals surface area contributed by atoms with Gasteiger partial charge in [-0.05, 0) is 42.5 Å². The number of carbonyl (C=O) groups is 1. The van der Waals surface area contributed by atoms with E-state index in [-0.39, 0.29) is 0 Å². The van der Waals surface area contributed by atoms with Crippen LogP contribution < -0.4 is 5.32 Å². The molecule has 1 heterocycles. The molecule has 0 saturated heterocycles. The molecule has 0 radical (unpaired) electrons. The van der Waals surface area contributed by atoms with Crippen molar-refractivity contribution in [3.05, 3.63) is 30.1 Å². The second-order valence-electron chi connectivity index (χ2n) is 3.89. The Balaban J connectivity index is 2.26. The van der Waals surface area contributed by atoms with Crippen LogP contribution in [-0.4, -0.2) is 37.3 Å². The van der Waals surface area contributed by atoms with Gasteiger partial charge >= 0.3 is 5.97 Å². The van der Waals surface area contributed by atoms with Gasteiger partial charge in [-0.25, -0.2) is 0 Å². The molecule has 18 heavy (non-hydrogen) atoms. The zero-order valence-electron chi connectivity index (χ0n) is 10.0. The number of carboxylic acid groups (broad SMARTS) is 1. The van der Waals surface area contributed by atoms with Gasteiger partial charge in [0.2, 0.25) is 0 Å². The van der Waals surface area contributed by atoms with Gasteiger partial charge in [-0.2, -0.15) is 4.68 Å². The average Bonchev–Trinajstić information content (AvgIpc) is 2.75. The van der Waals surface area contributed by atoms with Gasteiger partial charge in [0, 0.05) is 5.69 Å². The normalized spacial score (nSPS) is 12.1. The summed E-state index contributed by atoms with van der Waals surface area (Å²) in [5.74, 6) is -0.238. The van der Waals surface area contributed by atoms with E-state index in [0.717, 1.165) is 5.69 Å². The highest BCUT2D eigenvalue weighted by molar-refractivity contribution is 5.76. The van der Waals surface area contributed by atoms with Crippen LogP contribution >= 0.6 is 0 Å². The van der Waals surface area contributed by atoms with Crippen molar-refractivity contribution in [2.75, 3.05) is 5.32 Å². The first kappa shape index (κ1) is 12.0. The molecule has 0 fully saturated rings. The number of nitrogens with zero attached hydrogens (tertiary/aromatic N) is 4. The Morgan fingerprint density at radius 3 is 2.89 bits per heavy atom. The minimum Gasteiger partial charge on any atom is -0.480 e. The van der Waals surface area contributed by atoms with E-state index >= 15 is 0 Å². The highest BCUT2D eigenvalue weighted by Gasteiger charge is 2.11. The van der Waals surface area contributed by atoms with Gasteiger partial charge in [-0.1, -0.05) is 6.07 Å². The lowest BCUT2D eigenvalue weighted by Crippen LogP contribution is -2.25. The zero-order chi connectivity index (χ0) is 13.1. The topological polar surface area (TPSA) is 92.9 Å². The molecule has 0 saturated carbocycles. The maximum absolute atomic E-state index is 10.8. The molecule has 1 aromatic carbocycles. The fourth-order valence-corrected chi connectivity index (χ4v) is 1.51. The van der Waals surface area contributed by atoms with Gasteiger partial charge < -0.3 is 10.4 Å². The second kappa shape index (κ2) is 4.82. The number of hydrogen-bond acceptors (Lipinski definition) is 5. The highest BCUT2D eigenvalue weighted by atomic mass is 16.4. The molecule has 1 atom stereocenters. The largest absolute Gasteiger partial charge is 0.480 e. The number of hydrogen-bond donors (Lipinski definition) is 2. The average molecular weight is 247 g/mol. The molecule has 94 valence electrons. The summed E-state index contributed by atoms with van der Waals surface area (Å²) >= 11 is 0. The number of aliphatic carboxylic acids is 1. The van der Waals surface area contributed by atoms with Gasteiger partial charge in [-0.3, -0.25) is 4.79 Å². The molecule has 7 heteroatoms. The van der Waals surface area contributed by atoms with Crippen molar-refractivity contribution in [2.24, 2.45) is 0 Å². The second-order valence-corrected chi connectivity index (χ2v) is 3.89. The lowest BCUT2D eigenvalue weighted by atomic mass is 10.2. The maximum atomic E-state index is 10.8. The van der Waals surface area contributed by atoms with E-state index in [1.165, 1.54) is 0 Å². The first-order chi connectivity index (χ1) is 8.58. The summed E-state index contributed by atoms with van der Waals surface area (Å²) in [5.41, 5.74) is 1.48. The molecule has 2 aromatic rings. The highest BCUT2D eigenvalue weighted by Crippen LogP contribution is 2.15. The van der Waals surface area contributed by atoms with Crippen LogP contribution in [0.5, 0.6) is 0 Å². The summed E-state index contributed by atoms with van der Waals surface area (Å²) < 4.78 is 1.58. The summed E-state index contributed by atoms with van der Waals surface area (Å²) in [6.07, 6.45) is 0. The first-order valence-electron chi connectivity index (χ1n) is 5.42. The van der Waals surface area contributed by atoms with Crippen molar-refractivity contribution in [2.45, 2.75) is 19.9 Å². The molecule has 1 aromatic heterocycles. The van der Waals surface area contributed by atoms with E-state index in [2.05, 4.69) is 20.8 Å². The monoisotopic (exact) mass is 247 g/mol. The lowest BCUT2D eigenvalue weighted by Gasteiger charge is -2.11. The minimum absolute atomic E-state index is 0.657. The zero-order valence-corrected chi connectivity index (χ0v) is 10.0. The molecular weight excluding hydrogens is 234 g/mol. The van der Waals surface area contributed by atoms with Crippen LogP contribution in [0.1, 0.15) is 12.7 Å². The van der Waals surface area contributed by atoms with Crippen LogP contribution in [-0.2, 0) is 4.79 Å². The van der Waals surface area contributed by atoms with Crippen LogP contribution in [0.4, 0.5) is 5.69 Å². The van der Waals surface area contributed by atoms with Gasteiger partial charge in [0.15, 0.2) is 5.82 Å². The molecule has 0 amide bonds. The Kier molecular flexibility index (Phi) is 3.22. The summed E-state index contributed by atoms with van der Waals surface area (Å²) in [7, 11) is 0. The van der Waals surface area contributed by atoms with Crippen LogP contribution in [0.25, 0.3) is 5.69 Å². The number of anilines is 1. The van der Waals surface area contributed by atoms with Crippen molar-refractivity contribution >= 4 is 11.7 Å². The van der Waals surface area contributed by atoms with E-state index in [4.69, 9.17) is 5.11 Å². The Bertz CT molecular complexity index is 566. The molecule has 0 bridgehead atoms. The smallest absolute Gasteiger partial charge is 0.325 e. The molecule has 0 spiro atoms. The van der Waals surface area contributed by atoms with Crippen LogP contribution in [0.15, 0.2) is 24.3 Å². The van der Waals surface area contributed by atoms with E-state index in [1.807, 2.05) is 12.1 Å². The SMILES string of the molecule is Cc1nnnn1-c1cccc(NC(C)C(=O)O)c1. The van der Waals surface area contributed by atoms with Gasteiger partial charge in [0.1, 0.15) is 6.04 Å². The quantitative estimate of drug-likeness (QED) is 0.832. The number of rotatable bonds is 4. The molecule has 0 aliphatic heterocycles. The van der Waals surface area contributed by atoms with Crippen LogP contribution in [0.2, 0.25) is 0 Å². The molecular formula is C11H13N5O2. The van der Waals surface area contributed by atoms with Crippen molar-refractivity contribution in [1.29, 1.82) is 0 Å². The number of tetrazole rings is 1. The van der Waals surface area contributed by atoms with Crippen molar-refractivity contribution in [3.8, 4) is 5.69 Å². The Hall–Kier alpha value is -2.44. The predicted octanol–water partition coefficient (Wildman–Crippen LogP) is 0.856. The van der Waals surface area contributed by atoms with Crippen LogP contribution in [0.3, 0.4) is 0 Å². The number of aromatic nitrogens is 4. The summed E-state index contributed by atoms with van der Waals surface area (Å²) in [5, 5.41) is 22.9. The Labute approximate surface area is 103 Å². The van der Waals surface area contributed by atoms with Gasteiger partial charge in [0.25, 0.3) is 0 Å². The summed E-state index contributed by atoms with van der Waals surface area (Å²) in [6, 6.07) is 6.59. The Morgan fingerprint density at radius 1 is 1.50 bits per heavy atom. The minimum atomic E-state index is -0.904. The molecule has 1 unspecified atom stereocenters. The number of nitrogens with one attached hydrogen (secondary N) is 1. The summed E-state index contributed by atoms with van der Waals surface area (Å²) in [6.45, 7) is 3.37. The fourth-order valence-electron chi connectivity index (χ4n) is 1.51. The van der Waals surface area contributed by atoms with E-state index in [0.29, 0.717) is 11.5 Å². The maximum Gasteiger partial charge on any atom is 0.325 e. The van der Waals surface area contributed by atoms with E-state index in [9.17, 15) is 4.79 Å². The van der Waals surface area contributed by atoms with E-state index in [1.54, 1.807) is 30.7 Å². The van der Waals surface area contributed by atoms with Gasteiger partial charge in [-0.15, -0.1) is 5.10 Å². The molecule has 2 N–H and O–H groups in total. The van der Waals surface area contributed by atoms with Gasteiger partial charge in [0.05, 0.1) is 5.69 Å². The Morgan fingerprint density at radius 2 is 2.28 bits per heavy atom. The molecule has 7 nitrogen and oxygen atoms in total. The fraction of sp³-hybridized carbons (Fsp3) is 0.273. The first-order valence-corrected chi connectivity index (χ1v) is 5.42. The molecule has 2 rings (SSSR count).